The Balaban J connectivity index is 1.51. The van der Waals surface area contributed by atoms with Crippen molar-refractivity contribution in [3.63, 3.8) is 0 Å². The number of fused-ring (bicyclic) bond motifs is 4. The highest BCUT2D eigenvalue weighted by Crippen LogP contribution is 2.68. The molecule has 0 unspecified atom stereocenters. The summed E-state index contributed by atoms with van der Waals surface area (Å²) in [5, 5.41) is 28.9. The smallest absolute Gasteiger partial charge is 0.308 e. The van der Waals surface area contributed by atoms with Gasteiger partial charge in [0.1, 0.15) is 0 Å². The quantitative estimate of drug-likeness (QED) is 0.181. The summed E-state index contributed by atoms with van der Waals surface area (Å²) < 4.78 is 17.3. The summed E-state index contributed by atoms with van der Waals surface area (Å²) in [4.78, 5) is 28.0. The molecule has 2 aliphatic heterocycles. The van der Waals surface area contributed by atoms with Crippen molar-refractivity contribution in [1.82, 2.24) is 39.6 Å². The Morgan fingerprint density at radius 3 is 1.20 bits per heavy atom. The zero-order chi connectivity index (χ0) is 33.0. The molecule has 238 valence electrons. The first-order chi connectivity index (χ1) is 21.5. The molecule has 0 saturated heterocycles. The maximum atomic E-state index is 12.6. The lowest BCUT2D eigenvalue weighted by Crippen LogP contribution is -2.22. The summed E-state index contributed by atoms with van der Waals surface area (Å²) in [6, 6.07) is 0. The van der Waals surface area contributed by atoms with Crippen molar-refractivity contribution in [3.8, 4) is 11.5 Å². The Labute approximate surface area is 280 Å². The van der Waals surface area contributed by atoms with E-state index in [4.69, 9.17) is 19.7 Å². The molecule has 12 nitrogen and oxygen atoms in total. The second kappa shape index (κ2) is 10.6. The predicted molar refractivity (Wildman–Crippen MR) is 178 cm³/mol. The number of hydrogen-bond acceptors (Lipinski definition) is 14. The average molecular weight is 695 g/mol. The summed E-state index contributed by atoms with van der Waals surface area (Å²) in [6.07, 6.45) is 0. The number of thioether (sulfide) groups is 4. The number of aromatic nitrogens is 8. The van der Waals surface area contributed by atoms with Crippen LogP contribution in [0.25, 0.3) is 19.8 Å². The topological polar surface area (TPSA) is 139 Å². The number of ether oxygens (including phenoxy) is 2. The lowest BCUT2D eigenvalue weighted by molar-refractivity contribution is -0.133. The number of rotatable bonds is 2. The van der Waals surface area contributed by atoms with Gasteiger partial charge < -0.3 is 9.47 Å². The molecule has 0 aliphatic carbocycles. The number of nitrogens with zero attached hydrogens (tertiary/aromatic N) is 8. The Morgan fingerprint density at radius 1 is 0.587 bits per heavy atom. The molecule has 6 heterocycles. The lowest BCUT2D eigenvalue weighted by atomic mass is 9.91. The summed E-state index contributed by atoms with van der Waals surface area (Å²) in [5.41, 5.74) is 2.42. The van der Waals surface area contributed by atoms with E-state index >= 15 is 0 Å². The third-order valence-corrected chi connectivity index (χ3v) is 12.4. The van der Waals surface area contributed by atoms with Crippen molar-refractivity contribution < 1.29 is 19.1 Å². The molecule has 16 heteroatoms. The van der Waals surface area contributed by atoms with Gasteiger partial charge in [0.2, 0.25) is 0 Å². The molecule has 4 aromatic heterocycles. The molecule has 0 saturated carbocycles. The van der Waals surface area contributed by atoms with E-state index in [1.165, 1.54) is 60.9 Å². The fourth-order valence-corrected chi connectivity index (χ4v) is 10.8. The van der Waals surface area contributed by atoms with Crippen LogP contribution in [0.15, 0.2) is 19.6 Å². The third kappa shape index (κ3) is 4.86. The molecule has 0 fully saturated rings. The highest BCUT2D eigenvalue weighted by molar-refractivity contribution is 8.33. The van der Waals surface area contributed by atoms with Crippen molar-refractivity contribution >= 4 is 78.8 Å². The van der Waals surface area contributed by atoms with Crippen LogP contribution in [0.1, 0.15) is 78.4 Å². The second-order valence-corrected chi connectivity index (χ2v) is 17.7. The van der Waals surface area contributed by atoms with E-state index in [-0.39, 0.29) is 10.8 Å². The van der Waals surface area contributed by atoms with Crippen LogP contribution in [0.5, 0.6) is 11.5 Å². The first kappa shape index (κ1) is 31.3. The van der Waals surface area contributed by atoms with Crippen LogP contribution in [0.4, 0.5) is 0 Å². The van der Waals surface area contributed by atoms with Gasteiger partial charge in [-0.05, 0) is 13.8 Å². The molecule has 2 aliphatic rings. The van der Waals surface area contributed by atoms with Gasteiger partial charge in [0, 0.05) is 24.7 Å². The predicted octanol–water partition coefficient (Wildman–Crippen LogP) is 4.99. The minimum Gasteiger partial charge on any atom is -0.424 e. The third-order valence-electron chi connectivity index (χ3n) is 7.25. The number of hydrogen-bond donors (Lipinski definition) is 0. The van der Waals surface area contributed by atoms with Crippen molar-refractivity contribution in [1.29, 1.82) is 0 Å². The molecular formula is C30H30N8O4S4. The van der Waals surface area contributed by atoms with Crippen LogP contribution in [0.3, 0.4) is 0 Å². The van der Waals surface area contributed by atoms with E-state index in [2.05, 4.69) is 61.9 Å². The normalized spacial score (nSPS) is 14.9. The fraction of sp³-hybridized carbons (Fsp3) is 0.400. The molecule has 7 rings (SSSR count). The van der Waals surface area contributed by atoms with Crippen molar-refractivity contribution in [3.05, 3.63) is 33.5 Å². The monoisotopic (exact) mass is 694 g/mol. The maximum absolute atomic E-state index is 12.6. The van der Waals surface area contributed by atoms with Gasteiger partial charge in [-0.1, -0.05) is 88.6 Å². The van der Waals surface area contributed by atoms with Gasteiger partial charge in [0.15, 0.2) is 34.4 Å². The first-order valence-electron chi connectivity index (χ1n) is 14.4. The molecule has 0 atom stereocenters. The summed E-state index contributed by atoms with van der Waals surface area (Å²) in [5.74, 6) is 1.30. The molecule has 1 aromatic carbocycles. The van der Waals surface area contributed by atoms with E-state index in [0.29, 0.717) is 54.0 Å². The molecule has 0 bridgehead atoms. The fourth-order valence-electron chi connectivity index (χ4n) is 5.28. The summed E-state index contributed by atoms with van der Waals surface area (Å²) in [6.45, 7) is 19.1. The van der Waals surface area contributed by atoms with Crippen molar-refractivity contribution in [2.75, 3.05) is 0 Å². The van der Waals surface area contributed by atoms with Crippen LogP contribution in [0, 0.1) is 13.8 Å². The Morgan fingerprint density at radius 2 is 0.913 bits per heavy atom. The van der Waals surface area contributed by atoms with Crippen molar-refractivity contribution in [2.45, 2.75) is 99.6 Å². The van der Waals surface area contributed by atoms with Crippen LogP contribution in [-0.2, 0) is 20.4 Å². The van der Waals surface area contributed by atoms with E-state index in [1.807, 2.05) is 13.8 Å². The van der Waals surface area contributed by atoms with Gasteiger partial charge in [-0.3, -0.25) is 9.59 Å². The zero-order valence-electron chi connectivity index (χ0n) is 26.8. The summed E-state index contributed by atoms with van der Waals surface area (Å²) in [7, 11) is 0. The zero-order valence-corrected chi connectivity index (χ0v) is 30.1. The van der Waals surface area contributed by atoms with E-state index < -0.39 is 11.9 Å². The molecule has 0 spiro atoms. The van der Waals surface area contributed by atoms with E-state index in [0.717, 1.165) is 30.3 Å². The molecular weight excluding hydrogens is 665 g/mol. The number of carbonyl (C=O) groups is 2. The van der Waals surface area contributed by atoms with Crippen LogP contribution < -0.4 is 19.9 Å². The van der Waals surface area contributed by atoms with Crippen LogP contribution >= 0.6 is 47.0 Å². The van der Waals surface area contributed by atoms with Crippen LogP contribution in [-0.4, -0.2) is 51.6 Å². The molecule has 0 N–H and O–H groups in total. The number of carbonyl (C=O) groups excluding carboxylic acids is 2. The number of aryl methyl sites for hydroxylation is 2. The molecule has 0 amide bonds. The largest absolute Gasteiger partial charge is 0.424 e. The minimum absolute atomic E-state index is 0.302. The average Bonchev–Trinajstić information content (AvgIpc) is 3.75. The second-order valence-electron chi connectivity index (χ2n) is 13.1. The van der Waals surface area contributed by atoms with Gasteiger partial charge in [-0.15, -0.1) is 20.4 Å². The van der Waals surface area contributed by atoms with Gasteiger partial charge >= 0.3 is 11.9 Å². The molecule has 5 aromatic rings. The number of benzene rings is 1. The Hall–Kier alpha value is -3.34. The van der Waals surface area contributed by atoms with Crippen LogP contribution in [0.2, 0.25) is 0 Å². The first-order valence-corrected chi connectivity index (χ1v) is 17.7. The maximum Gasteiger partial charge on any atom is 0.308 e. The van der Waals surface area contributed by atoms with Gasteiger partial charge in [-0.25, -0.2) is 0 Å². The highest BCUT2D eigenvalue weighted by Gasteiger charge is 2.40. The van der Waals surface area contributed by atoms with Crippen molar-refractivity contribution in [2.24, 2.45) is 0 Å². The standard InChI is InChI=1S/C30H30N8O4S4/c1-11-31-33-25-15(23(29(5,6)7)35-37(11)25)27-43-19-17(41-13(3)39)21-22(18(20(19)44-27)42-14(4)40)46-28(45-21)16-24(30(8,9)10)36-38-12(2)32-34-26(16)38/h1-10H3. The SMILES string of the molecule is CC(=O)Oc1c2c(c(OC(C)=O)c3c1SC(=c1c(C(C)(C)C)nn4c(C)nnc14)S3)SC(=c1c(C(C)(C)C)nn3c(C)nnc13)S2. The van der Waals surface area contributed by atoms with Gasteiger partial charge in [0.25, 0.3) is 0 Å². The Kier molecular flexibility index (Phi) is 7.20. The molecule has 0 radical (unpaired) electrons. The van der Waals surface area contributed by atoms with E-state index in [1.54, 1.807) is 9.03 Å². The highest BCUT2D eigenvalue weighted by atomic mass is 32.2. The lowest BCUT2D eigenvalue weighted by Gasteiger charge is -2.15. The molecule has 46 heavy (non-hydrogen) atoms. The Bertz CT molecular complexity index is 2080. The van der Waals surface area contributed by atoms with Gasteiger partial charge in [0.05, 0.1) is 49.9 Å². The summed E-state index contributed by atoms with van der Waals surface area (Å²) >= 11 is 5.82. The minimum atomic E-state index is -0.454. The van der Waals surface area contributed by atoms with Gasteiger partial charge in [-0.2, -0.15) is 19.2 Å². The number of esters is 2. The van der Waals surface area contributed by atoms with E-state index in [9.17, 15) is 9.59 Å².